The number of phenolic OH excluding ortho intramolecular Hbond substituents is 1. The van der Waals surface area contributed by atoms with E-state index in [1.807, 2.05) is 78.9 Å². The number of nitrogens with one attached hydrogen (secondary N) is 4. The molecule has 1 aliphatic carbocycles. The largest absolute Gasteiger partial charge is 0.506 e. The maximum atomic E-state index is 12.9. The van der Waals surface area contributed by atoms with Gasteiger partial charge in [0.1, 0.15) is 17.5 Å². The van der Waals surface area contributed by atoms with E-state index in [2.05, 4.69) is 26.2 Å². The van der Waals surface area contributed by atoms with Crippen LogP contribution in [-0.4, -0.2) is 96.3 Å². The van der Waals surface area contributed by atoms with Crippen LogP contribution in [-0.2, 0) is 25.7 Å². The first kappa shape index (κ1) is 41.2. The van der Waals surface area contributed by atoms with Crippen molar-refractivity contribution < 1.29 is 38.9 Å². The number of para-hydroxylation sites is 1. The molecule has 1 saturated heterocycles. The number of aliphatic hydroxyl groups is 1. The first-order valence-corrected chi connectivity index (χ1v) is 20.2. The smallest absolute Gasteiger partial charge is 0.411 e. The number of phenols is 1. The van der Waals surface area contributed by atoms with Crippen molar-refractivity contribution in [2.24, 2.45) is 11.8 Å². The molecule has 59 heavy (non-hydrogen) atoms. The van der Waals surface area contributed by atoms with E-state index in [0.717, 1.165) is 48.3 Å². The Labute approximate surface area is 343 Å². The number of amides is 4. The van der Waals surface area contributed by atoms with Crippen molar-refractivity contribution in [1.82, 2.24) is 15.1 Å². The quantitative estimate of drug-likeness (QED) is 0.0765. The third-order valence-corrected chi connectivity index (χ3v) is 11.3. The van der Waals surface area contributed by atoms with E-state index in [-0.39, 0.29) is 60.6 Å². The summed E-state index contributed by atoms with van der Waals surface area (Å²) in [4.78, 5) is 54.1. The Morgan fingerprint density at radius 3 is 2.42 bits per heavy atom. The van der Waals surface area contributed by atoms with Crippen LogP contribution in [0.4, 0.5) is 21.9 Å². The fourth-order valence-corrected chi connectivity index (χ4v) is 8.25. The van der Waals surface area contributed by atoms with Gasteiger partial charge in [0.2, 0.25) is 11.8 Å². The lowest BCUT2D eigenvalue weighted by Gasteiger charge is -2.24. The van der Waals surface area contributed by atoms with Crippen LogP contribution in [0.5, 0.6) is 11.5 Å². The Morgan fingerprint density at radius 1 is 0.932 bits per heavy atom. The summed E-state index contributed by atoms with van der Waals surface area (Å²) < 4.78 is 11.3. The molecular weight excluding hydrogens is 753 g/mol. The maximum Gasteiger partial charge on any atom is 0.411 e. The zero-order chi connectivity index (χ0) is 41.3. The summed E-state index contributed by atoms with van der Waals surface area (Å²) in [5.41, 5.74) is 4.91. The van der Waals surface area contributed by atoms with Crippen molar-refractivity contribution in [3.05, 3.63) is 102 Å². The molecule has 2 aliphatic heterocycles. The van der Waals surface area contributed by atoms with Crippen LogP contribution in [0.3, 0.4) is 0 Å². The molecule has 4 aromatic carbocycles. The van der Waals surface area contributed by atoms with E-state index in [1.54, 1.807) is 18.0 Å². The molecule has 0 aromatic heterocycles. The third kappa shape index (κ3) is 10.8. The van der Waals surface area contributed by atoms with Crippen molar-refractivity contribution in [1.29, 1.82) is 0 Å². The molecule has 3 aliphatic rings. The molecule has 0 radical (unpaired) electrons. The van der Waals surface area contributed by atoms with Crippen LogP contribution in [0.1, 0.15) is 49.3 Å². The van der Waals surface area contributed by atoms with E-state index in [0.29, 0.717) is 55.6 Å². The van der Waals surface area contributed by atoms with Gasteiger partial charge in [-0.15, -0.1) is 0 Å². The third-order valence-electron chi connectivity index (χ3n) is 11.3. The SMILES string of the molecule is CN(CCCC(=O)Nc1ccc(CNC[C@H](O)c2ccc(O)c3c2OCC(=O)N3)cc1)C(=O)CCN1CC2CC(OC(=O)Nc3ccccc3-c3ccccc3)C[C@@H]2C1. The number of fused-ring (bicyclic) bond motifs is 2. The lowest BCUT2D eigenvalue weighted by molar-refractivity contribution is -0.130. The highest BCUT2D eigenvalue weighted by atomic mass is 16.6. The summed E-state index contributed by atoms with van der Waals surface area (Å²) in [6.45, 7) is 3.42. The Bertz CT molecular complexity index is 2100. The molecule has 4 amide bonds. The van der Waals surface area contributed by atoms with Crippen LogP contribution in [0.2, 0.25) is 0 Å². The van der Waals surface area contributed by atoms with Gasteiger partial charge in [0, 0.05) is 76.0 Å². The lowest BCUT2D eigenvalue weighted by atomic mass is 10.0. The van der Waals surface area contributed by atoms with Gasteiger partial charge in [-0.1, -0.05) is 60.7 Å². The minimum atomic E-state index is -0.939. The fourth-order valence-electron chi connectivity index (χ4n) is 8.25. The molecule has 4 atom stereocenters. The highest BCUT2D eigenvalue weighted by Gasteiger charge is 2.42. The van der Waals surface area contributed by atoms with Crippen molar-refractivity contribution in [2.45, 2.75) is 50.9 Å². The van der Waals surface area contributed by atoms with Gasteiger partial charge in [0.05, 0.1) is 11.8 Å². The summed E-state index contributed by atoms with van der Waals surface area (Å²) in [5.74, 6) is 0.552. The average Bonchev–Trinajstić information content (AvgIpc) is 3.79. The lowest BCUT2D eigenvalue weighted by Crippen LogP contribution is -2.33. The number of aromatic hydroxyl groups is 1. The minimum absolute atomic E-state index is 0.0529. The Balaban J connectivity index is 0.748. The highest BCUT2D eigenvalue weighted by molar-refractivity contribution is 5.97. The minimum Gasteiger partial charge on any atom is -0.506 e. The van der Waals surface area contributed by atoms with E-state index >= 15 is 0 Å². The van der Waals surface area contributed by atoms with Crippen LogP contribution in [0.15, 0.2) is 91.0 Å². The van der Waals surface area contributed by atoms with Crippen LogP contribution in [0.25, 0.3) is 11.1 Å². The second-order valence-corrected chi connectivity index (χ2v) is 15.6. The number of carbonyl (C=O) groups excluding carboxylic acids is 4. The molecule has 2 heterocycles. The standard InChI is InChI=1S/C45H52N6O8/c1-50(20-7-12-40(54)47-33-15-13-29(14-16-33)24-46-25-39(53)36-17-18-38(52)43-44(36)58-28-41(55)49-43)42(56)19-21-51-26-31-22-34(23-32(31)27-51)59-45(57)48-37-11-6-5-10-35(37)30-8-3-2-4-9-30/h2-6,8-11,13-18,31-32,34,39,46,52-53H,7,12,19-28H2,1H3,(H,47,54)(H,48,57)(H,49,55)/t31-,32?,34?,39+/m1/s1. The molecule has 14 nitrogen and oxygen atoms in total. The van der Waals surface area contributed by atoms with Crippen molar-refractivity contribution in [2.75, 3.05) is 62.3 Å². The van der Waals surface area contributed by atoms with E-state index < -0.39 is 12.2 Å². The predicted octanol–water partition coefficient (Wildman–Crippen LogP) is 5.74. The molecule has 0 spiro atoms. The van der Waals surface area contributed by atoms with Gasteiger partial charge in [0.25, 0.3) is 5.91 Å². The number of hydrogen-bond acceptors (Lipinski definition) is 10. The average molecular weight is 805 g/mol. The number of benzene rings is 4. The summed E-state index contributed by atoms with van der Waals surface area (Å²) in [6.07, 6.45) is 1.39. The number of ether oxygens (including phenoxy) is 2. The molecule has 0 bridgehead atoms. The van der Waals surface area contributed by atoms with Crippen molar-refractivity contribution in [3.63, 3.8) is 0 Å². The molecule has 2 unspecified atom stereocenters. The maximum absolute atomic E-state index is 12.9. The Morgan fingerprint density at radius 2 is 1.66 bits per heavy atom. The van der Waals surface area contributed by atoms with Gasteiger partial charge in [-0.3, -0.25) is 19.7 Å². The topological polar surface area (TPSA) is 182 Å². The fraction of sp³-hybridized carbons (Fsp3) is 0.378. The van der Waals surface area contributed by atoms with Gasteiger partial charge < -0.3 is 45.4 Å². The van der Waals surface area contributed by atoms with Gasteiger partial charge in [-0.05, 0) is 72.6 Å². The number of nitrogens with zero attached hydrogens (tertiary/aromatic N) is 2. The summed E-state index contributed by atoms with van der Waals surface area (Å²) in [5, 5.41) is 32.4. The zero-order valence-electron chi connectivity index (χ0n) is 33.2. The summed E-state index contributed by atoms with van der Waals surface area (Å²) in [6, 6.07) is 28.0. The molecule has 2 fully saturated rings. The number of carbonyl (C=O) groups is 4. The molecule has 4 aromatic rings. The van der Waals surface area contributed by atoms with Crippen LogP contribution >= 0.6 is 0 Å². The van der Waals surface area contributed by atoms with Gasteiger partial charge in [0.15, 0.2) is 12.4 Å². The number of aliphatic hydroxyl groups excluding tert-OH is 1. The summed E-state index contributed by atoms with van der Waals surface area (Å²) >= 11 is 0. The van der Waals surface area contributed by atoms with E-state index in [4.69, 9.17) is 9.47 Å². The van der Waals surface area contributed by atoms with Crippen LogP contribution < -0.4 is 26.0 Å². The van der Waals surface area contributed by atoms with Gasteiger partial charge >= 0.3 is 6.09 Å². The second-order valence-electron chi connectivity index (χ2n) is 15.6. The first-order chi connectivity index (χ1) is 28.6. The molecule has 310 valence electrons. The number of anilines is 3. The molecule has 7 rings (SSSR count). The van der Waals surface area contributed by atoms with Gasteiger partial charge in [-0.2, -0.15) is 0 Å². The van der Waals surface area contributed by atoms with E-state index in [9.17, 15) is 29.4 Å². The number of rotatable bonds is 16. The molecule has 14 heteroatoms. The zero-order valence-corrected chi connectivity index (χ0v) is 33.2. The van der Waals surface area contributed by atoms with Crippen LogP contribution in [0, 0.1) is 11.8 Å². The van der Waals surface area contributed by atoms with Crippen molar-refractivity contribution >= 4 is 40.9 Å². The Kier molecular flexibility index (Phi) is 13.4. The van der Waals surface area contributed by atoms with Gasteiger partial charge in [-0.25, -0.2) is 4.79 Å². The highest BCUT2D eigenvalue weighted by Crippen LogP contribution is 2.42. The normalized spacial score (nSPS) is 18.8. The first-order valence-electron chi connectivity index (χ1n) is 20.2. The molecule has 6 N–H and O–H groups in total. The monoisotopic (exact) mass is 804 g/mol. The molecule has 1 saturated carbocycles. The second kappa shape index (κ2) is 19.2. The van der Waals surface area contributed by atoms with Crippen molar-refractivity contribution in [3.8, 4) is 22.6 Å². The number of hydrogen-bond donors (Lipinski definition) is 6. The Hall–Kier alpha value is -5.96. The number of likely N-dealkylation sites (tertiary alicyclic amines) is 1. The molecular formula is C45H52N6O8. The summed E-state index contributed by atoms with van der Waals surface area (Å²) in [7, 11) is 1.78. The van der Waals surface area contributed by atoms with E-state index in [1.165, 1.54) is 6.07 Å². The predicted molar refractivity (Wildman–Crippen MR) is 224 cm³/mol.